The molecule has 1 aliphatic rings. The molecule has 27 heavy (non-hydrogen) atoms. The van der Waals surface area contributed by atoms with Crippen LogP contribution in [0.25, 0.3) is 16.8 Å². The van der Waals surface area contributed by atoms with E-state index < -0.39 is 18.8 Å². The summed E-state index contributed by atoms with van der Waals surface area (Å²) in [6, 6.07) is 1.20. The summed E-state index contributed by atoms with van der Waals surface area (Å²) in [6.07, 6.45) is 1.44. The van der Waals surface area contributed by atoms with Crippen LogP contribution in [0.15, 0.2) is 24.7 Å². The van der Waals surface area contributed by atoms with Gasteiger partial charge in [-0.2, -0.15) is 13.2 Å². The van der Waals surface area contributed by atoms with Crippen molar-refractivity contribution in [2.75, 3.05) is 19.6 Å². The molecular weight excluding hydrogens is 361 g/mol. The molecule has 4 heterocycles. The number of urea groups is 1. The van der Waals surface area contributed by atoms with Crippen molar-refractivity contribution in [3.63, 3.8) is 0 Å². The van der Waals surface area contributed by atoms with E-state index in [2.05, 4.69) is 15.0 Å². The fourth-order valence-electron chi connectivity index (χ4n) is 3.25. The minimum Gasteiger partial charge on any atom is -0.345 e. The van der Waals surface area contributed by atoms with E-state index in [-0.39, 0.29) is 5.92 Å². The van der Waals surface area contributed by atoms with Gasteiger partial charge in [0, 0.05) is 37.1 Å². The fourth-order valence-corrected chi connectivity index (χ4v) is 3.25. The topological polar surface area (TPSA) is 78.3 Å². The van der Waals surface area contributed by atoms with Crippen LogP contribution in [0.1, 0.15) is 31.9 Å². The summed E-state index contributed by atoms with van der Waals surface area (Å²) in [5, 5.41) is 1.92. The third-order valence-corrected chi connectivity index (χ3v) is 4.40. The lowest BCUT2D eigenvalue weighted by atomic mass is 10.1. The zero-order valence-electron chi connectivity index (χ0n) is 15.0. The standard InChI is InChI=1S/C15H15F3N6O.C2H6/c16-15(17,18)8-22-14(25)23-4-2-9(7-23)11-5-20-12-6-21-13-10(24(11)12)1-3-19-13;1-2/h1,3,5-6,9,19H,2,4,7-8H2,(H,22,25);1-2H3. The molecule has 1 atom stereocenters. The molecule has 1 aliphatic heterocycles. The zero-order chi connectivity index (χ0) is 19.6. The molecule has 0 radical (unpaired) electrons. The van der Waals surface area contributed by atoms with Crippen LogP contribution in [0.3, 0.4) is 0 Å². The lowest BCUT2D eigenvalue weighted by Crippen LogP contribution is -2.42. The number of fused-ring (bicyclic) bond motifs is 3. The Kier molecular flexibility index (Phi) is 5.24. The second kappa shape index (κ2) is 7.45. The quantitative estimate of drug-likeness (QED) is 0.714. The molecule has 0 aliphatic carbocycles. The van der Waals surface area contributed by atoms with Crippen molar-refractivity contribution in [3.8, 4) is 0 Å². The normalized spacial score (nSPS) is 17.2. The number of aromatic nitrogens is 4. The summed E-state index contributed by atoms with van der Waals surface area (Å²) in [7, 11) is 0. The summed E-state index contributed by atoms with van der Waals surface area (Å²) in [4.78, 5) is 25.0. The van der Waals surface area contributed by atoms with E-state index in [0.717, 1.165) is 16.9 Å². The highest BCUT2D eigenvalue weighted by Crippen LogP contribution is 2.29. The number of hydrogen-bond donors (Lipinski definition) is 2. The van der Waals surface area contributed by atoms with E-state index in [9.17, 15) is 18.0 Å². The second-order valence-corrected chi connectivity index (χ2v) is 6.05. The Bertz CT molecular complexity index is 932. The van der Waals surface area contributed by atoms with Gasteiger partial charge in [-0.05, 0) is 12.5 Å². The molecule has 2 amide bonds. The third kappa shape index (κ3) is 3.83. The lowest BCUT2D eigenvalue weighted by molar-refractivity contribution is -0.123. The molecule has 10 heteroatoms. The summed E-state index contributed by atoms with van der Waals surface area (Å²) in [5.41, 5.74) is 3.23. The highest BCUT2D eigenvalue weighted by atomic mass is 19.4. The Labute approximate surface area is 153 Å². The van der Waals surface area contributed by atoms with Gasteiger partial charge >= 0.3 is 12.2 Å². The van der Waals surface area contributed by atoms with Gasteiger partial charge < -0.3 is 15.2 Å². The van der Waals surface area contributed by atoms with Gasteiger partial charge in [0.15, 0.2) is 11.3 Å². The first kappa shape index (κ1) is 19.0. The van der Waals surface area contributed by atoms with Crippen LogP contribution in [-0.4, -0.2) is 56.1 Å². The maximum atomic E-state index is 12.2. The first-order valence-corrected chi connectivity index (χ1v) is 8.81. The smallest absolute Gasteiger partial charge is 0.345 e. The molecule has 146 valence electrons. The average molecular weight is 382 g/mol. The summed E-state index contributed by atoms with van der Waals surface area (Å²) in [6.45, 7) is 3.44. The number of likely N-dealkylation sites (tertiary alicyclic amines) is 1. The van der Waals surface area contributed by atoms with Crippen molar-refractivity contribution in [3.05, 3.63) is 30.4 Å². The predicted octanol–water partition coefficient (Wildman–Crippen LogP) is 3.30. The number of alkyl halides is 3. The van der Waals surface area contributed by atoms with Gasteiger partial charge in [-0.1, -0.05) is 13.8 Å². The van der Waals surface area contributed by atoms with Gasteiger partial charge in [0.2, 0.25) is 0 Å². The number of aromatic amines is 1. The maximum Gasteiger partial charge on any atom is 0.405 e. The maximum absolute atomic E-state index is 12.2. The number of nitrogens with one attached hydrogen (secondary N) is 2. The molecule has 0 spiro atoms. The Morgan fingerprint density at radius 3 is 2.85 bits per heavy atom. The number of rotatable bonds is 2. The number of amides is 2. The molecule has 0 bridgehead atoms. The van der Waals surface area contributed by atoms with Crippen LogP contribution in [0.5, 0.6) is 0 Å². The van der Waals surface area contributed by atoms with Crippen molar-refractivity contribution in [1.82, 2.24) is 29.6 Å². The minimum absolute atomic E-state index is 0.00661. The summed E-state index contributed by atoms with van der Waals surface area (Å²) in [5.74, 6) is 0.00661. The molecule has 0 aromatic carbocycles. The van der Waals surface area contributed by atoms with Gasteiger partial charge in [-0.3, -0.25) is 4.40 Å². The predicted molar refractivity (Wildman–Crippen MR) is 94.6 cm³/mol. The molecule has 3 aromatic rings. The summed E-state index contributed by atoms with van der Waals surface area (Å²) >= 11 is 0. The number of carbonyl (C=O) groups is 1. The van der Waals surface area contributed by atoms with Gasteiger partial charge in [0.1, 0.15) is 6.54 Å². The Balaban J connectivity index is 0.00000102. The molecule has 1 fully saturated rings. The van der Waals surface area contributed by atoms with Gasteiger partial charge in [0.05, 0.1) is 11.7 Å². The number of halogens is 3. The fraction of sp³-hybridized carbons (Fsp3) is 0.471. The minimum atomic E-state index is -4.41. The molecule has 1 unspecified atom stereocenters. The van der Waals surface area contributed by atoms with Gasteiger partial charge in [-0.15, -0.1) is 0 Å². The van der Waals surface area contributed by atoms with Crippen LogP contribution >= 0.6 is 0 Å². The van der Waals surface area contributed by atoms with Gasteiger partial charge in [0.25, 0.3) is 0 Å². The second-order valence-electron chi connectivity index (χ2n) is 6.05. The first-order chi connectivity index (χ1) is 12.9. The molecule has 2 N–H and O–H groups in total. The van der Waals surface area contributed by atoms with Crippen LogP contribution in [0.2, 0.25) is 0 Å². The Morgan fingerprint density at radius 2 is 2.11 bits per heavy atom. The summed E-state index contributed by atoms with van der Waals surface area (Å²) < 4.78 is 38.7. The van der Waals surface area contributed by atoms with Crippen molar-refractivity contribution in [1.29, 1.82) is 0 Å². The van der Waals surface area contributed by atoms with E-state index in [0.29, 0.717) is 25.2 Å². The molecule has 3 aromatic heterocycles. The highest BCUT2D eigenvalue weighted by Gasteiger charge is 2.32. The number of hydrogen-bond acceptors (Lipinski definition) is 3. The van der Waals surface area contributed by atoms with Crippen molar-refractivity contribution in [2.45, 2.75) is 32.4 Å². The van der Waals surface area contributed by atoms with Crippen LogP contribution < -0.4 is 5.32 Å². The van der Waals surface area contributed by atoms with Crippen LogP contribution in [0, 0.1) is 0 Å². The van der Waals surface area contributed by atoms with Crippen molar-refractivity contribution < 1.29 is 18.0 Å². The number of carbonyl (C=O) groups excluding carboxylic acids is 1. The molecule has 4 rings (SSSR count). The molecule has 0 saturated carbocycles. The molecule has 7 nitrogen and oxygen atoms in total. The van der Waals surface area contributed by atoms with E-state index in [1.165, 1.54) is 4.90 Å². The monoisotopic (exact) mass is 382 g/mol. The van der Waals surface area contributed by atoms with E-state index >= 15 is 0 Å². The SMILES string of the molecule is CC.O=C(NCC(F)(F)F)N1CCC(c2cnc3cnc4[nH]ccc4n23)C1. The zero-order valence-corrected chi connectivity index (χ0v) is 15.0. The van der Waals surface area contributed by atoms with E-state index in [1.807, 2.05) is 29.6 Å². The lowest BCUT2D eigenvalue weighted by Gasteiger charge is -2.18. The molecule has 1 saturated heterocycles. The number of nitrogens with zero attached hydrogens (tertiary/aromatic N) is 4. The number of H-pyrrole nitrogens is 1. The average Bonchev–Trinajstić information content (AvgIpc) is 3.37. The number of imidazole rings is 1. The van der Waals surface area contributed by atoms with Crippen LogP contribution in [-0.2, 0) is 0 Å². The Morgan fingerprint density at radius 1 is 1.33 bits per heavy atom. The molecular formula is C17H21F3N6O. The van der Waals surface area contributed by atoms with E-state index in [4.69, 9.17) is 0 Å². The van der Waals surface area contributed by atoms with Gasteiger partial charge in [-0.25, -0.2) is 14.8 Å². The van der Waals surface area contributed by atoms with Crippen LogP contribution in [0.4, 0.5) is 18.0 Å². The largest absolute Gasteiger partial charge is 0.405 e. The Hall–Kier alpha value is -2.78. The highest BCUT2D eigenvalue weighted by molar-refractivity contribution is 5.76. The first-order valence-electron chi connectivity index (χ1n) is 8.81. The van der Waals surface area contributed by atoms with Crippen molar-refractivity contribution in [2.24, 2.45) is 0 Å². The van der Waals surface area contributed by atoms with E-state index in [1.54, 1.807) is 18.6 Å². The third-order valence-electron chi connectivity index (χ3n) is 4.40. The van der Waals surface area contributed by atoms with Crippen molar-refractivity contribution >= 4 is 22.8 Å².